The van der Waals surface area contributed by atoms with Crippen molar-refractivity contribution in [3.63, 3.8) is 0 Å². The lowest BCUT2D eigenvalue weighted by Gasteiger charge is -2.10. The Morgan fingerprint density at radius 3 is 3.15 bits per heavy atom. The summed E-state index contributed by atoms with van der Waals surface area (Å²) in [5.74, 6) is 0. The van der Waals surface area contributed by atoms with E-state index in [1.54, 1.807) is 11.3 Å². The maximum Gasteiger partial charge on any atom is 0.109 e. The standard InChI is InChI=1S/C9H16N2OS/c1-3-12-6-4-10-8(2)9-11-5-7-13-9/h5,7-8,10H,3-4,6H2,1-2H3. The SMILES string of the molecule is CCOCCNC(C)c1nccs1. The summed E-state index contributed by atoms with van der Waals surface area (Å²) in [7, 11) is 0. The quantitative estimate of drug-likeness (QED) is 0.711. The van der Waals surface area contributed by atoms with Crippen LogP contribution in [-0.4, -0.2) is 24.7 Å². The van der Waals surface area contributed by atoms with Crippen LogP contribution in [0.4, 0.5) is 0 Å². The van der Waals surface area contributed by atoms with E-state index >= 15 is 0 Å². The summed E-state index contributed by atoms with van der Waals surface area (Å²) in [6.07, 6.45) is 1.83. The molecule has 1 rings (SSSR count). The van der Waals surface area contributed by atoms with Gasteiger partial charge in [0.2, 0.25) is 0 Å². The predicted octanol–water partition coefficient (Wildman–Crippen LogP) is 1.83. The summed E-state index contributed by atoms with van der Waals surface area (Å²) in [5.41, 5.74) is 0. The van der Waals surface area contributed by atoms with E-state index in [1.807, 2.05) is 18.5 Å². The first kappa shape index (κ1) is 10.6. The van der Waals surface area contributed by atoms with Crippen LogP contribution < -0.4 is 5.32 Å². The van der Waals surface area contributed by atoms with Crippen molar-refractivity contribution in [1.29, 1.82) is 0 Å². The van der Waals surface area contributed by atoms with E-state index in [4.69, 9.17) is 4.74 Å². The first-order valence-corrected chi connectivity index (χ1v) is 5.43. The van der Waals surface area contributed by atoms with E-state index in [9.17, 15) is 0 Å². The minimum absolute atomic E-state index is 0.334. The first-order chi connectivity index (χ1) is 6.34. The maximum absolute atomic E-state index is 5.22. The molecule has 1 heterocycles. The van der Waals surface area contributed by atoms with Crippen LogP contribution in [0.3, 0.4) is 0 Å². The van der Waals surface area contributed by atoms with Crippen molar-refractivity contribution in [2.45, 2.75) is 19.9 Å². The van der Waals surface area contributed by atoms with Gasteiger partial charge in [-0.15, -0.1) is 11.3 Å². The van der Waals surface area contributed by atoms with Gasteiger partial charge in [0.05, 0.1) is 12.6 Å². The fraction of sp³-hybridized carbons (Fsp3) is 0.667. The van der Waals surface area contributed by atoms with Crippen LogP contribution in [0.1, 0.15) is 24.9 Å². The zero-order valence-corrected chi connectivity index (χ0v) is 8.93. The Balaban J connectivity index is 2.15. The molecule has 4 heteroatoms. The van der Waals surface area contributed by atoms with E-state index in [0.717, 1.165) is 24.8 Å². The molecule has 0 aromatic carbocycles. The Hall–Kier alpha value is -0.450. The molecule has 0 fully saturated rings. The molecule has 1 N–H and O–H groups in total. The van der Waals surface area contributed by atoms with Crippen LogP contribution in [0.5, 0.6) is 0 Å². The van der Waals surface area contributed by atoms with Gasteiger partial charge in [-0.2, -0.15) is 0 Å². The van der Waals surface area contributed by atoms with Crippen LogP contribution >= 0.6 is 11.3 Å². The van der Waals surface area contributed by atoms with Crippen molar-refractivity contribution in [3.8, 4) is 0 Å². The van der Waals surface area contributed by atoms with Crippen LogP contribution in [0.2, 0.25) is 0 Å². The molecule has 1 atom stereocenters. The zero-order chi connectivity index (χ0) is 9.52. The third-order valence-corrected chi connectivity index (χ3v) is 2.68. The third-order valence-electron chi connectivity index (χ3n) is 1.72. The number of nitrogens with one attached hydrogen (secondary N) is 1. The van der Waals surface area contributed by atoms with Gasteiger partial charge in [0.15, 0.2) is 0 Å². The third kappa shape index (κ3) is 3.85. The van der Waals surface area contributed by atoms with Gasteiger partial charge in [-0.1, -0.05) is 0 Å². The Labute approximate surface area is 83.1 Å². The lowest BCUT2D eigenvalue weighted by Crippen LogP contribution is -2.23. The molecule has 74 valence electrons. The number of rotatable bonds is 6. The highest BCUT2D eigenvalue weighted by Gasteiger charge is 2.05. The van der Waals surface area contributed by atoms with Gasteiger partial charge in [-0.25, -0.2) is 4.98 Å². The summed E-state index contributed by atoms with van der Waals surface area (Å²) >= 11 is 1.68. The monoisotopic (exact) mass is 200 g/mol. The van der Waals surface area contributed by atoms with E-state index in [0.29, 0.717) is 6.04 Å². The highest BCUT2D eigenvalue weighted by Crippen LogP contribution is 2.13. The lowest BCUT2D eigenvalue weighted by atomic mass is 10.3. The van der Waals surface area contributed by atoms with E-state index < -0.39 is 0 Å². The summed E-state index contributed by atoms with van der Waals surface area (Å²) in [6, 6.07) is 0.334. The normalized spacial score (nSPS) is 13.1. The zero-order valence-electron chi connectivity index (χ0n) is 8.12. The molecular formula is C9H16N2OS. The Kier molecular flexibility index (Phi) is 4.97. The first-order valence-electron chi connectivity index (χ1n) is 4.55. The molecule has 1 aromatic rings. The molecule has 1 unspecified atom stereocenters. The minimum Gasteiger partial charge on any atom is -0.380 e. The second-order valence-electron chi connectivity index (χ2n) is 2.74. The van der Waals surface area contributed by atoms with Gasteiger partial charge in [0.1, 0.15) is 5.01 Å². The van der Waals surface area contributed by atoms with Gasteiger partial charge in [0.25, 0.3) is 0 Å². The molecule has 0 radical (unpaired) electrons. The average molecular weight is 200 g/mol. The Bertz CT molecular complexity index is 213. The number of hydrogen-bond acceptors (Lipinski definition) is 4. The molecule has 0 saturated heterocycles. The predicted molar refractivity (Wildman–Crippen MR) is 55.0 cm³/mol. The van der Waals surface area contributed by atoms with Crippen molar-refractivity contribution in [3.05, 3.63) is 16.6 Å². The Morgan fingerprint density at radius 2 is 2.54 bits per heavy atom. The molecule has 13 heavy (non-hydrogen) atoms. The van der Waals surface area contributed by atoms with Gasteiger partial charge in [-0.05, 0) is 13.8 Å². The molecule has 0 bridgehead atoms. The molecule has 3 nitrogen and oxygen atoms in total. The number of ether oxygens (including phenoxy) is 1. The van der Waals surface area contributed by atoms with Gasteiger partial charge in [-0.3, -0.25) is 0 Å². The van der Waals surface area contributed by atoms with Crippen molar-refractivity contribution in [2.75, 3.05) is 19.8 Å². The maximum atomic E-state index is 5.22. The smallest absolute Gasteiger partial charge is 0.109 e. The number of aromatic nitrogens is 1. The average Bonchev–Trinajstić information content (AvgIpc) is 2.65. The molecule has 1 aromatic heterocycles. The number of hydrogen-bond donors (Lipinski definition) is 1. The molecule has 0 aliphatic rings. The lowest BCUT2D eigenvalue weighted by molar-refractivity contribution is 0.147. The fourth-order valence-corrected chi connectivity index (χ4v) is 1.70. The Morgan fingerprint density at radius 1 is 1.69 bits per heavy atom. The minimum atomic E-state index is 0.334. The van der Waals surface area contributed by atoms with E-state index in [2.05, 4.69) is 17.2 Å². The topological polar surface area (TPSA) is 34.1 Å². The highest BCUT2D eigenvalue weighted by atomic mass is 32.1. The van der Waals surface area contributed by atoms with Crippen LogP contribution in [0.15, 0.2) is 11.6 Å². The molecule has 0 saturated carbocycles. The van der Waals surface area contributed by atoms with Crippen LogP contribution in [0.25, 0.3) is 0 Å². The largest absolute Gasteiger partial charge is 0.380 e. The van der Waals surface area contributed by atoms with Crippen molar-refractivity contribution in [2.24, 2.45) is 0 Å². The second-order valence-corrected chi connectivity index (χ2v) is 3.67. The van der Waals surface area contributed by atoms with Crippen LogP contribution in [-0.2, 0) is 4.74 Å². The summed E-state index contributed by atoms with van der Waals surface area (Å²) in [4.78, 5) is 4.23. The second kappa shape index (κ2) is 6.07. The summed E-state index contributed by atoms with van der Waals surface area (Å²) in [5, 5.41) is 6.47. The van der Waals surface area contributed by atoms with Crippen LogP contribution in [0, 0.1) is 0 Å². The number of nitrogens with zero attached hydrogens (tertiary/aromatic N) is 1. The summed E-state index contributed by atoms with van der Waals surface area (Å²) in [6.45, 7) is 6.56. The van der Waals surface area contributed by atoms with E-state index in [-0.39, 0.29) is 0 Å². The fourth-order valence-electron chi connectivity index (χ4n) is 1.03. The molecule has 0 amide bonds. The molecule has 0 aliphatic heterocycles. The van der Waals surface area contributed by atoms with E-state index in [1.165, 1.54) is 0 Å². The number of thiazole rings is 1. The highest BCUT2D eigenvalue weighted by molar-refractivity contribution is 7.09. The van der Waals surface area contributed by atoms with Crippen molar-refractivity contribution >= 4 is 11.3 Å². The van der Waals surface area contributed by atoms with Crippen molar-refractivity contribution < 1.29 is 4.74 Å². The van der Waals surface area contributed by atoms with Gasteiger partial charge < -0.3 is 10.1 Å². The van der Waals surface area contributed by atoms with Gasteiger partial charge >= 0.3 is 0 Å². The van der Waals surface area contributed by atoms with Gasteiger partial charge in [0, 0.05) is 24.7 Å². The van der Waals surface area contributed by atoms with Crippen molar-refractivity contribution in [1.82, 2.24) is 10.3 Å². The molecule has 0 spiro atoms. The molecular weight excluding hydrogens is 184 g/mol. The molecule has 0 aliphatic carbocycles. The summed E-state index contributed by atoms with van der Waals surface area (Å²) < 4.78 is 5.22.